The lowest BCUT2D eigenvalue weighted by Crippen LogP contribution is -2.61. The monoisotopic (exact) mass is 331 g/mol. The van der Waals surface area contributed by atoms with Crippen molar-refractivity contribution in [2.24, 2.45) is 17.8 Å². The van der Waals surface area contributed by atoms with Crippen molar-refractivity contribution < 1.29 is 9.59 Å². The van der Waals surface area contributed by atoms with Gasteiger partial charge in [0.05, 0.1) is 6.54 Å². The zero-order valence-electron chi connectivity index (χ0n) is 12.9. The summed E-state index contributed by atoms with van der Waals surface area (Å²) in [6.07, 6.45) is 3.21. The van der Waals surface area contributed by atoms with E-state index in [1.807, 2.05) is 49.0 Å². The fourth-order valence-electron chi connectivity index (χ4n) is 3.22. The number of primary amides is 1. The number of rotatable bonds is 2. The quantitative estimate of drug-likeness (QED) is 0.851. The molecule has 23 heavy (non-hydrogen) atoms. The predicted octanol–water partition coefficient (Wildman–Crippen LogP) is 1.76. The third kappa shape index (κ3) is 2.62. The van der Waals surface area contributed by atoms with E-state index in [1.165, 1.54) is 11.3 Å². The van der Waals surface area contributed by atoms with Gasteiger partial charge in [0, 0.05) is 31.5 Å². The Kier molecular flexibility index (Phi) is 4.14. The van der Waals surface area contributed by atoms with Gasteiger partial charge in [-0.15, -0.1) is 16.3 Å². The molecule has 1 aromatic heterocycles. The highest BCUT2D eigenvalue weighted by Crippen LogP contribution is 2.35. The van der Waals surface area contributed by atoms with E-state index in [0.717, 1.165) is 12.1 Å². The maximum atomic E-state index is 13.1. The van der Waals surface area contributed by atoms with Gasteiger partial charge in [0.2, 0.25) is 0 Å². The van der Waals surface area contributed by atoms with E-state index in [4.69, 9.17) is 5.73 Å². The molecule has 0 bridgehead atoms. The molecule has 0 radical (unpaired) electrons. The zero-order chi connectivity index (χ0) is 16.4. The van der Waals surface area contributed by atoms with Crippen LogP contribution in [0.3, 0.4) is 0 Å². The van der Waals surface area contributed by atoms with E-state index >= 15 is 0 Å². The highest BCUT2D eigenvalue weighted by atomic mass is 32.1. The number of hydrogen-bond acceptors (Lipinski definition) is 3. The number of amides is 3. The summed E-state index contributed by atoms with van der Waals surface area (Å²) >= 11 is 1.39. The molecule has 1 fully saturated rings. The minimum absolute atomic E-state index is 0.117. The lowest BCUT2D eigenvalue weighted by atomic mass is 10.1. The van der Waals surface area contributed by atoms with Gasteiger partial charge in [-0.1, -0.05) is 18.2 Å². The number of aryl methyl sites for hydroxylation is 1. The first-order chi connectivity index (χ1) is 11.1. The summed E-state index contributed by atoms with van der Waals surface area (Å²) < 4.78 is 1.67. The van der Waals surface area contributed by atoms with Crippen molar-refractivity contribution in [3.8, 4) is 0 Å². The zero-order valence-corrected chi connectivity index (χ0v) is 13.7. The SMILES string of the molecule is Cn1ccsc1=NC(=O)[N+]1(c2ccccc2)CCCC1C(N)=O. The van der Waals surface area contributed by atoms with Crippen molar-refractivity contribution in [1.29, 1.82) is 0 Å². The van der Waals surface area contributed by atoms with Crippen molar-refractivity contribution in [3.05, 3.63) is 46.7 Å². The topological polar surface area (TPSA) is 77.4 Å². The van der Waals surface area contributed by atoms with Crippen molar-refractivity contribution >= 4 is 29.0 Å². The van der Waals surface area contributed by atoms with Gasteiger partial charge in [-0.25, -0.2) is 4.79 Å². The van der Waals surface area contributed by atoms with Gasteiger partial charge in [-0.3, -0.25) is 4.79 Å². The Labute approximate surface area is 138 Å². The Morgan fingerprint density at radius 2 is 2.09 bits per heavy atom. The van der Waals surface area contributed by atoms with Crippen LogP contribution in [0.15, 0.2) is 46.9 Å². The van der Waals surface area contributed by atoms with Gasteiger partial charge in [0.15, 0.2) is 10.8 Å². The first-order valence-corrected chi connectivity index (χ1v) is 8.36. The number of thiazole rings is 1. The largest absolute Gasteiger partial charge is 0.451 e. The number of urea groups is 1. The van der Waals surface area contributed by atoms with Crippen molar-refractivity contribution in [2.45, 2.75) is 18.9 Å². The molecule has 2 atom stereocenters. The van der Waals surface area contributed by atoms with Crippen LogP contribution in [0.1, 0.15) is 12.8 Å². The lowest BCUT2D eigenvalue weighted by Gasteiger charge is -2.33. The van der Waals surface area contributed by atoms with Gasteiger partial charge in [0.25, 0.3) is 5.91 Å². The molecule has 0 spiro atoms. The molecular formula is C16H19N4O2S+. The van der Waals surface area contributed by atoms with Gasteiger partial charge in [-0.05, 0) is 12.1 Å². The number of para-hydroxylation sites is 1. The molecule has 6 nitrogen and oxygen atoms in total. The van der Waals surface area contributed by atoms with E-state index in [1.54, 1.807) is 4.57 Å². The number of carbonyl (C=O) groups excluding carboxylic acids is 2. The second-order valence-corrected chi connectivity index (χ2v) is 6.55. The van der Waals surface area contributed by atoms with Gasteiger partial charge in [0.1, 0.15) is 5.69 Å². The molecule has 7 heteroatoms. The number of nitrogens with two attached hydrogens (primary N) is 1. The number of aromatic nitrogens is 1. The smallest absolute Gasteiger partial charge is 0.364 e. The predicted molar refractivity (Wildman–Crippen MR) is 89.6 cm³/mol. The summed E-state index contributed by atoms with van der Waals surface area (Å²) in [4.78, 5) is 30.0. The van der Waals surface area contributed by atoms with E-state index in [9.17, 15) is 9.59 Å². The summed E-state index contributed by atoms with van der Waals surface area (Å²) in [7, 11) is 1.84. The Morgan fingerprint density at radius 1 is 1.35 bits per heavy atom. The fourth-order valence-corrected chi connectivity index (χ4v) is 3.94. The van der Waals surface area contributed by atoms with Crippen molar-refractivity contribution in [3.63, 3.8) is 0 Å². The maximum Gasteiger partial charge on any atom is 0.451 e. The minimum atomic E-state index is -0.570. The van der Waals surface area contributed by atoms with Crippen LogP contribution in [-0.2, 0) is 11.8 Å². The van der Waals surface area contributed by atoms with Crippen LogP contribution in [0.25, 0.3) is 0 Å². The second kappa shape index (κ2) is 6.10. The number of likely N-dealkylation sites (tertiary alicyclic amines) is 1. The van der Waals surface area contributed by atoms with Gasteiger partial charge >= 0.3 is 6.03 Å². The van der Waals surface area contributed by atoms with Crippen LogP contribution < -0.4 is 15.0 Å². The lowest BCUT2D eigenvalue weighted by molar-refractivity contribution is -0.121. The average Bonchev–Trinajstić information content (AvgIpc) is 3.16. The maximum absolute atomic E-state index is 13.1. The highest BCUT2D eigenvalue weighted by molar-refractivity contribution is 7.07. The molecule has 1 aliphatic heterocycles. The summed E-state index contributed by atoms with van der Waals surface area (Å²) in [5, 5.41) is 1.87. The number of hydrogen-bond donors (Lipinski definition) is 1. The summed E-state index contributed by atoms with van der Waals surface area (Å²) in [6.45, 7) is 0.537. The van der Waals surface area contributed by atoms with E-state index < -0.39 is 11.9 Å². The van der Waals surface area contributed by atoms with Crippen molar-refractivity contribution in [2.75, 3.05) is 6.54 Å². The first kappa shape index (κ1) is 15.6. The highest BCUT2D eigenvalue weighted by Gasteiger charge is 2.53. The Bertz CT molecular complexity index is 796. The second-order valence-electron chi connectivity index (χ2n) is 5.68. The first-order valence-electron chi connectivity index (χ1n) is 7.48. The van der Waals surface area contributed by atoms with Gasteiger partial charge in [-0.2, -0.15) is 4.48 Å². The van der Waals surface area contributed by atoms with Crippen LogP contribution in [0.2, 0.25) is 0 Å². The molecule has 1 aromatic carbocycles. The third-order valence-corrected chi connectivity index (χ3v) is 5.21. The molecule has 1 aliphatic rings. The fraction of sp³-hybridized carbons (Fsp3) is 0.312. The normalized spacial score (nSPS) is 24.7. The summed E-state index contributed by atoms with van der Waals surface area (Å²) in [6, 6.07) is 8.44. The summed E-state index contributed by atoms with van der Waals surface area (Å²) in [5.74, 6) is -0.453. The Morgan fingerprint density at radius 3 is 2.70 bits per heavy atom. The van der Waals surface area contributed by atoms with E-state index in [0.29, 0.717) is 17.8 Å². The average molecular weight is 331 g/mol. The molecular weight excluding hydrogens is 312 g/mol. The van der Waals surface area contributed by atoms with Crippen LogP contribution in [0.5, 0.6) is 0 Å². The molecule has 0 saturated carbocycles. The Hall–Kier alpha value is -2.25. The molecule has 3 amide bonds. The number of nitrogens with zero attached hydrogens (tertiary/aromatic N) is 3. The molecule has 2 N–H and O–H groups in total. The molecule has 120 valence electrons. The van der Waals surface area contributed by atoms with Gasteiger partial charge < -0.3 is 10.3 Å². The van der Waals surface area contributed by atoms with E-state index in [2.05, 4.69) is 4.99 Å². The number of quaternary nitrogens is 1. The third-order valence-electron chi connectivity index (χ3n) is 4.36. The van der Waals surface area contributed by atoms with Crippen molar-refractivity contribution in [1.82, 2.24) is 9.05 Å². The molecule has 1 saturated heterocycles. The molecule has 2 unspecified atom stereocenters. The van der Waals surface area contributed by atoms with Crippen LogP contribution in [0.4, 0.5) is 10.5 Å². The molecule has 3 rings (SSSR count). The van der Waals surface area contributed by atoms with E-state index in [-0.39, 0.29) is 10.5 Å². The van der Waals surface area contributed by atoms with Crippen LogP contribution >= 0.6 is 11.3 Å². The summed E-state index contributed by atoms with van der Waals surface area (Å²) in [5.41, 5.74) is 6.37. The molecule has 2 heterocycles. The van der Waals surface area contributed by atoms with Crippen LogP contribution in [0, 0.1) is 0 Å². The molecule has 2 aromatic rings. The minimum Gasteiger partial charge on any atom is -0.364 e. The Balaban J connectivity index is 2.15. The number of carbonyl (C=O) groups is 2. The standard InChI is InChI=1S/C16H18N4O2S/c1-19-9-11-23-15(19)18-16(22)20(12-6-3-2-4-7-12)10-5-8-13(20)14(17)21/h2-4,6-7,9,11,13H,5,8,10H2,1H3,(H-,17,21)/p+1. The molecule has 0 aliphatic carbocycles. The number of benzene rings is 1. The van der Waals surface area contributed by atoms with Crippen LogP contribution in [-0.4, -0.2) is 29.1 Å².